The van der Waals surface area contributed by atoms with Gasteiger partial charge in [-0.1, -0.05) is 6.08 Å². The summed E-state index contributed by atoms with van der Waals surface area (Å²) in [4.78, 5) is 5.29. The Morgan fingerprint density at radius 3 is 2.81 bits per heavy atom. The van der Waals surface area contributed by atoms with E-state index in [1.807, 2.05) is 6.08 Å². The number of likely N-dealkylation sites (tertiary alicyclic amines) is 2. The van der Waals surface area contributed by atoms with Crippen LogP contribution in [0, 0.1) is 0 Å². The molecule has 0 aromatic carbocycles. The number of rotatable bonds is 6. The summed E-state index contributed by atoms with van der Waals surface area (Å²) in [6.07, 6.45) is 6.13. The summed E-state index contributed by atoms with van der Waals surface area (Å²) in [6, 6.07) is 0.849. The van der Waals surface area contributed by atoms with Gasteiger partial charge >= 0.3 is 0 Å². The van der Waals surface area contributed by atoms with Crippen LogP contribution in [0.1, 0.15) is 19.3 Å². The molecule has 0 amide bonds. The Balaban J connectivity index is 1.61. The maximum absolute atomic E-state index is 3.71. The molecule has 0 aromatic heterocycles. The van der Waals surface area contributed by atoms with Crippen LogP contribution in [0.2, 0.25) is 0 Å². The largest absolute Gasteiger partial charge is 0.312 e. The summed E-state index contributed by atoms with van der Waals surface area (Å²) >= 11 is 0. The highest BCUT2D eigenvalue weighted by Gasteiger charge is 2.28. The molecule has 0 bridgehead atoms. The average Bonchev–Trinajstić information content (AvgIpc) is 2.94. The van der Waals surface area contributed by atoms with Crippen LogP contribution >= 0.6 is 0 Å². The Hall–Kier alpha value is -0.380. The van der Waals surface area contributed by atoms with Crippen molar-refractivity contribution in [3.8, 4) is 0 Å². The molecule has 0 aliphatic carbocycles. The monoisotopic (exact) mass is 223 g/mol. The molecule has 2 aliphatic rings. The van der Waals surface area contributed by atoms with E-state index in [2.05, 4.69) is 21.7 Å². The average molecular weight is 223 g/mol. The Bertz CT molecular complexity index is 211. The number of hydrogen-bond donors (Lipinski definition) is 1. The first-order valence-corrected chi connectivity index (χ1v) is 6.68. The highest BCUT2D eigenvalue weighted by molar-refractivity contribution is 4.85. The summed E-state index contributed by atoms with van der Waals surface area (Å²) in [6.45, 7) is 12.2. The summed E-state index contributed by atoms with van der Waals surface area (Å²) in [5, 5.41) is 3.37. The van der Waals surface area contributed by atoms with E-state index in [-0.39, 0.29) is 0 Å². The van der Waals surface area contributed by atoms with Crippen LogP contribution in [0.3, 0.4) is 0 Å². The second kappa shape index (κ2) is 6.38. The molecule has 16 heavy (non-hydrogen) atoms. The van der Waals surface area contributed by atoms with E-state index in [4.69, 9.17) is 0 Å². The zero-order valence-electron chi connectivity index (χ0n) is 10.3. The zero-order chi connectivity index (χ0) is 11.2. The quantitative estimate of drug-likeness (QED) is 0.534. The molecule has 2 heterocycles. The minimum Gasteiger partial charge on any atom is -0.312 e. The van der Waals surface area contributed by atoms with Gasteiger partial charge in [-0.15, -0.1) is 6.58 Å². The highest BCUT2D eigenvalue weighted by atomic mass is 15.3. The van der Waals surface area contributed by atoms with Crippen molar-refractivity contribution in [3.63, 3.8) is 0 Å². The van der Waals surface area contributed by atoms with Crippen LogP contribution in [0.15, 0.2) is 12.7 Å². The van der Waals surface area contributed by atoms with Crippen LogP contribution in [-0.4, -0.2) is 61.7 Å². The summed E-state index contributed by atoms with van der Waals surface area (Å²) in [7, 11) is 0. The minimum absolute atomic E-state index is 0.849. The molecule has 0 saturated carbocycles. The van der Waals surface area contributed by atoms with Crippen LogP contribution in [0.4, 0.5) is 0 Å². The van der Waals surface area contributed by atoms with Gasteiger partial charge in [0.15, 0.2) is 0 Å². The van der Waals surface area contributed by atoms with Gasteiger partial charge in [-0.3, -0.25) is 4.90 Å². The fourth-order valence-corrected chi connectivity index (χ4v) is 2.86. The van der Waals surface area contributed by atoms with Gasteiger partial charge in [-0.2, -0.15) is 0 Å². The molecule has 2 fully saturated rings. The van der Waals surface area contributed by atoms with Crippen molar-refractivity contribution in [2.24, 2.45) is 0 Å². The van der Waals surface area contributed by atoms with E-state index in [9.17, 15) is 0 Å². The molecule has 2 rings (SSSR count). The molecule has 2 saturated heterocycles. The summed E-state index contributed by atoms with van der Waals surface area (Å²) in [5.74, 6) is 0. The van der Waals surface area contributed by atoms with Crippen molar-refractivity contribution < 1.29 is 0 Å². The predicted molar refractivity (Wildman–Crippen MR) is 68.7 cm³/mol. The predicted octanol–water partition coefficient (Wildman–Crippen LogP) is 0.932. The normalized spacial score (nSPS) is 27.6. The molecule has 2 aliphatic heterocycles. The van der Waals surface area contributed by atoms with Crippen molar-refractivity contribution in [1.82, 2.24) is 15.1 Å². The Morgan fingerprint density at radius 1 is 1.25 bits per heavy atom. The van der Waals surface area contributed by atoms with Crippen LogP contribution in [-0.2, 0) is 0 Å². The topological polar surface area (TPSA) is 18.5 Å². The van der Waals surface area contributed by atoms with Crippen molar-refractivity contribution in [3.05, 3.63) is 12.7 Å². The van der Waals surface area contributed by atoms with Crippen molar-refractivity contribution in [2.75, 3.05) is 45.8 Å². The molecule has 3 heteroatoms. The van der Waals surface area contributed by atoms with Crippen LogP contribution in [0.5, 0.6) is 0 Å². The standard InChI is InChI=1S/C13H25N3/c1-2-6-14-7-11-15-10-5-13(12-15)16-8-3-4-9-16/h2,13-14H,1,3-12H2. The van der Waals surface area contributed by atoms with E-state index in [0.717, 1.165) is 19.1 Å². The molecule has 3 nitrogen and oxygen atoms in total. The van der Waals surface area contributed by atoms with Crippen LogP contribution < -0.4 is 5.32 Å². The molecule has 0 aromatic rings. The van der Waals surface area contributed by atoms with E-state index in [1.165, 1.54) is 52.0 Å². The van der Waals surface area contributed by atoms with Gasteiger partial charge in [-0.25, -0.2) is 0 Å². The third-order valence-corrected chi connectivity index (χ3v) is 3.80. The van der Waals surface area contributed by atoms with Crippen molar-refractivity contribution in [2.45, 2.75) is 25.3 Å². The lowest BCUT2D eigenvalue weighted by molar-refractivity contribution is 0.232. The lowest BCUT2D eigenvalue weighted by Crippen LogP contribution is -2.37. The van der Waals surface area contributed by atoms with E-state index in [1.54, 1.807) is 0 Å². The van der Waals surface area contributed by atoms with Gasteiger partial charge in [-0.05, 0) is 38.9 Å². The summed E-state index contributed by atoms with van der Waals surface area (Å²) < 4.78 is 0. The summed E-state index contributed by atoms with van der Waals surface area (Å²) in [5.41, 5.74) is 0. The van der Waals surface area contributed by atoms with Gasteiger partial charge in [0, 0.05) is 32.2 Å². The van der Waals surface area contributed by atoms with E-state index >= 15 is 0 Å². The molecule has 92 valence electrons. The number of nitrogens with one attached hydrogen (secondary N) is 1. The zero-order valence-corrected chi connectivity index (χ0v) is 10.3. The second-order valence-electron chi connectivity index (χ2n) is 4.98. The molecular weight excluding hydrogens is 198 g/mol. The first-order valence-electron chi connectivity index (χ1n) is 6.68. The number of nitrogens with zero attached hydrogens (tertiary/aromatic N) is 2. The third-order valence-electron chi connectivity index (χ3n) is 3.80. The maximum atomic E-state index is 3.71. The molecule has 0 radical (unpaired) electrons. The smallest absolute Gasteiger partial charge is 0.0235 e. The molecule has 1 unspecified atom stereocenters. The third kappa shape index (κ3) is 3.30. The SMILES string of the molecule is C=CCNCCN1CCC(N2CCCC2)C1. The lowest BCUT2D eigenvalue weighted by Gasteiger charge is -2.23. The fraction of sp³-hybridized carbons (Fsp3) is 0.846. The maximum Gasteiger partial charge on any atom is 0.0235 e. The van der Waals surface area contributed by atoms with Gasteiger partial charge < -0.3 is 10.2 Å². The van der Waals surface area contributed by atoms with E-state index < -0.39 is 0 Å². The number of hydrogen-bond acceptors (Lipinski definition) is 3. The van der Waals surface area contributed by atoms with Gasteiger partial charge in [0.1, 0.15) is 0 Å². The first kappa shape index (κ1) is 12.1. The van der Waals surface area contributed by atoms with Gasteiger partial charge in [0.2, 0.25) is 0 Å². The lowest BCUT2D eigenvalue weighted by atomic mass is 10.2. The van der Waals surface area contributed by atoms with Crippen LogP contribution in [0.25, 0.3) is 0 Å². The van der Waals surface area contributed by atoms with Crippen molar-refractivity contribution in [1.29, 1.82) is 0 Å². The first-order chi connectivity index (χ1) is 7.90. The Morgan fingerprint density at radius 2 is 2.06 bits per heavy atom. The fourth-order valence-electron chi connectivity index (χ4n) is 2.86. The van der Waals surface area contributed by atoms with Crippen molar-refractivity contribution >= 4 is 0 Å². The Labute approximate surface area is 99.5 Å². The molecule has 1 N–H and O–H groups in total. The Kier molecular flexibility index (Phi) is 4.82. The molecule has 0 spiro atoms. The molecule has 1 atom stereocenters. The van der Waals surface area contributed by atoms with E-state index in [0.29, 0.717) is 0 Å². The highest BCUT2D eigenvalue weighted by Crippen LogP contribution is 2.19. The van der Waals surface area contributed by atoms with Gasteiger partial charge in [0.05, 0.1) is 0 Å². The second-order valence-corrected chi connectivity index (χ2v) is 4.98. The minimum atomic E-state index is 0.849. The molecular formula is C13H25N3. The van der Waals surface area contributed by atoms with Gasteiger partial charge in [0.25, 0.3) is 0 Å².